The Balaban J connectivity index is 1.89. The SMILES string of the molecule is COc1ccc(C(=O)C2=CCC[C@@]2(C#N)C(=O)C2CCCCC2)cc1. The van der Waals surface area contributed by atoms with Gasteiger partial charge in [-0.1, -0.05) is 25.3 Å². The van der Waals surface area contributed by atoms with Gasteiger partial charge in [0.25, 0.3) is 0 Å². The molecule has 3 rings (SSSR count). The van der Waals surface area contributed by atoms with E-state index >= 15 is 0 Å². The molecular formula is C21H23NO3. The van der Waals surface area contributed by atoms with E-state index in [4.69, 9.17) is 4.74 Å². The van der Waals surface area contributed by atoms with Crippen LogP contribution in [-0.4, -0.2) is 18.7 Å². The Bertz CT molecular complexity index is 735. The summed E-state index contributed by atoms with van der Waals surface area (Å²) in [6, 6.07) is 9.05. The molecule has 1 saturated carbocycles. The summed E-state index contributed by atoms with van der Waals surface area (Å²) in [6.07, 6.45) is 7.71. The monoisotopic (exact) mass is 337 g/mol. The van der Waals surface area contributed by atoms with Crippen molar-refractivity contribution in [2.45, 2.75) is 44.9 Å². The third-order valence-corrected chi connectivity index (χ3v) is 5.51. The number of ether oxygens (including phenoxy) is 1. The molecule has 1 fully saturated rings. The maximum atomic E-state index is 13.2. The maximum absolute atomic E-state index is 13.2. The second kappa shape index (κ2) is 7.23. The number of methoxy groups -OCH3 is 1. The Morgan fingerprint density at radius 1 is 1.16 bits per heavy atom. The first kappa shape index (κ1) is 17.4. The van der Waals surface area contributed by atoms with Gasteiger partial charge in [-0.2, -0.15) is 5.26 Å². The third-order valence-electron chi connectivity index (χ3n) is 5.51. The zero-order valence-corrected chi connectivity index (χ0v) is 14.6. The minimum absolute atomic E-state index is 0.0414. The number of nitrogens with zero attached hydrogens (tertiary/aromatic N) is 1. The van der Waals surface area contributed by atoms with Crippen molar-refractivity contribution in [3.63, 3.8) is 0 Å². The van der Waals surface area contributed by atoms with Gasteiger partial charge < -0.3 is 4.74 Å². The molecule has 0 heterocycles. The fraction of sp³-hybridized carbons (Fsp3) is 0.476. The Morgan fingerprint density at radius 2 is 1.84 bits per heavy atom. The van der Waals surface area contributed by atoms with Crippen LogP contribution in [0, 0.1) is 22.7 Å². The van der Waals surface area contributed by atoms with Crippen molar-refractivity contribution in [3.8, 4) is 11.8 Å². The average molecular weight is 337 g/mol. The summed E-state index contributed by atoms with van der Waals surface area (Å²) in [5.41, 5.74) is -0.403. The van der Waals surface area contributed by atoms with E-state index in [2.05, 4.69) is 6.07 Å². The molecule has 0 unspecified atom stereocenters. The predicted octanol–water partition coefficient (Wildman–Crippen LogP) is 4.26. The van der Waals surface area contributed by atoms with Crippen LogP contribution in [0.3, 0.4) is 0 Å². The van der Waals surface area contributed by atoms with Crippen LogP contribution in [0.2, 0.25) is 0 Å². The summed E-state index contributed by atoms with van der Waals surface area (Å²) in [5, 5.41) is 9.88. The van der Waals surface area contributed by atoms with Crippen molar-refractivity contribution in [2.24, 2.45) is 11.3 Å². The summed E-state index contributed by atoms with van der Waals surface area (Å²) in [7, 11) is 1.57. The molecule has 0 saturated heterocycles. The van der Waals surface area contributed by atoms with Gasteiger partial charge in [-0.15, -0.1) is 0 Å². The van der Waals surface area contributed by atoms with Crippen molar-refractivity contribution in [2.75, 3.05) is 7.11 Å². The van der Waals surface area contributed by atoms with Crippen LogP contribution < -0.4 is 4.74 Å². The number of benzene rings is 1. The molecule has 0 radical (unpaired) electrons. The van der Waals surface area contributed by atoms with Crippen LogP contribution >= 0.6 is 0 Å². The van der Waals surface area contributed by atoms with E-state index in [1.54, 1.807) is 37.5 Å². The lowest BCUT2D eigenvalue weighted by Crippen LogP contribution is -2.38. The Hall–Kier alpha value is -2.41. The van der Waals surface area contributed by atoms with Crippen molar-refractivity contribution < 1.29 is 14.3 Å². The van der Waals surface area contributed by atoms with E-state index < -0.39 is 5.41 Å². The van der Waals surface area contributed by atoms with Crippen molar-refractivity contribution in [1.29, 1.82) is 5.26 Å². The molecule has 1 aromatic carbocycles. The second-order valence-electron chi connectivity index (χ2n) is 6.93. The van der Waals surface area contributed by atoms with Gasteiger partial charge in [0, 0.05) is 17.1 Å². The number of allylic oxidation sites excluding steroid dienone is 2. The van der Waals surface area contributed by atoms with E-state index in [0.717, 1.165) is 32.1 Å². The first-order valence-electron chi connectivity index (χ1n) is 8.97. The highest BCUT2D eigenvalue weighted by molar-refractivity contribution is 6.15. The van der Waals surface area contributed by atoms with Gasteiger partial charge in [0.1, 0.15) is 11.2 Å². The normalized spacial score (nSPS) is 23.6. The highest BCUT2D eigenvalue weighted by Gasteiger charge is 2.49. The molecule has 130 valence electrons. The number of nitriles is 1. The van der Waals surface area contributed by atoms with Crippen molar-refractivity contribution in [1.82, 2.24) is 0 Å². The van der Waals surface area contributed by atoms with E-state index in [9.17, 15) is 14.9 Å². The van der Waals surface area contributed by atoms with Crippen LogP contribution in [0.1, 0.15) is 55.3 Å². The van der Waals surface area contributed by atoms with Gasteiger partial charge in [0.05, 0.1) is 13.2 Å². The average Bonchev–Trinajstić information content (AvgIpc) is 3.12. The molecule has 25 heavy (non-hydrogen) atoms. The lowest BCUT2D eigenvalue weighted by molar-refractivity contribution is -0.129. The minimum atomic E-state index is -1.26. The van der Waals surface area contributed by atoms with E-state index in [1.165, 1.54) is 0 Å². The maximum Gasteiger partial charge on any atom is 0.190 e. The number of Topliss-reactive ketones (excluding diaryl/α,β-unsaturated/α-hetero) is 2. The molecule has 0 spiro atoms. The van der Waals surface area contributed by atoms with E-state index in [-0.39, 0.29) is 17.5 Å². The van der Waals surface area contributed by atoms with E-state index in [1.807, 2.05) is 0 Å². The number of carbonyl (C=O) groups is 2. The fourth-order valence-electron chi connectivity index (χ4n) is 4.07. The van der Waals surface area contributed by atoms with Gasteiger partial charge in [0.2, 0.25) is 0 Å². The lowest BCUT2D eigenvalue weighted by atomic mass is 9.69. The predicted molar refractivity (Wildman–Crippen MR) is 94.3 cm³/mol. The molecule has 2 aliphatic rings. The molecule has 0 aliphatic heterocycles. The second-order valence-corrected chi connectivity index (χ2v) is 6.93. The first-order valence-corrected chi connectivity index (χ1v) is 8.97. The number of ketones is 2. The number of hydrogen-bond donors (Lipinski definition) is 0. The molecule has 4 heteroatoms. The topological polar surface area (TPSA) is 67.2 Å². The van der Waals surface area contributed by atoms with Crippen LogP contribution in [0.4, 0.5) is 0 Å². The zero-order valence-electron chi connectivity index (χ0n) is 14.6. The third kappa shape index (κ3) is 3.11. The molecule has 0 N–H and O–H groups in total. The summed E-state index contributed by atoms with van der Waals surface area (Å²) in [6.45, 7) is 0. The van der Waals surface area contributed by atoms with Crippen molar-refractivity contribution >= 4 is 11.6 Å². The number of carbonyl (C=O) groups excluding carboxylic acids is 2. The Kier molecular flexibility index (Phi) is 5.03. The minimum Gasteiger partial charge on any atom is -0.497 e. The van der Waals surface area contributed by atoms with Gasteiger partial charge in [-0.3, -0.25) is 9.59 Å². The van der Waals surface area contributed by atoms with Gasteiger partial charge in [0.15, 0.2) is 11.6 Å². The molecular weight excluding hydrogens is 314 g/mol. The fourth-order valence-corrected chi connectivity index (χ4v) is 4.07. The highest BCUT2D eigenvalue weighted by Crippen LogP contribution is 2.45. The molecule has 0 aromatic heterocycles. The summed E-state index contributed by atoms with van der Waals surface area (Å²) >= 11 is 0. The summed E-state index contributed by atoms with van der Waals surface area (Å²) in [4.78, 5) is 26.2. The van der Waals surface area contributed by atoms with Gasteiger partial charge in [-0.05, 0) is 49.9 Å². The van der Waals surface area contributed by atoms with Crippen molar-refractivity contribution in [3.05, 3.63) is 41.5 Å². The smallest absolute Gasteiger partial charge is 0.190 e. The highest BCUT2D eigenvalue weighted by atomic mass is 16.5. The molecule has 1 aromatic rings. The lowest BCUT2D eigenvalue weighted by Gasteiger charge is -2.29. The Morgan fingerprint density at radius 3 is 2.44 bits per heavy atom. The number of hydrogen-bond acceptors (Lipinski definition) is 4. The Labute approximate surface area is 148 Å². The largest absolute Gasteiger partial charge is 0.497 e. The number of rotatable bonds is 5. The molecule has 0 bridgehead atoms. The van der Waals surface area contributed by atoms with Crippen LogP contribution in [0.25, 0.3) is 0 Å². The molecule has 0 amide bonds. The van der Waals surface area contributed by atoms with Crippen LogP contribution in [0.15, 0.2) is 35.9 Å². The molecule has 2 aliphatic carbocycles. The standard InChI is InChI=1S/C21H23NO3/c1-25-17-11-9-15(10-12-17)19(23)18-8-5-13-21(18,14-22)20(24)16-6-3-2-4-7-16/h8-12,16H,2-7,13H2,1H3/t21-/m0/s1. The summed E-state index contributed by atoms with van der Waals surface area (Å²) in [5.74, 6) is 0.325. The summed E-state index contributed by atoms with van der Waals surface area (Å²) < 4.78 is 5.12. The molecule has 1 atom stereocenters. The van der Waals surface area contributed by atoms with Crippen LogP contribution in [-0.2, 0) is 4.79 Å². The van der Waals surface area contributed by atoms with E-state index in [0.29, 0.717) is 29.7 Å². The van der Waals surface area contributed by atoms with Gasteiger partial charge in [-0.25, -0.2) is 0 Å². The van der Waals surface area contributed by atoms with Crippen LogP contribution in [0.5, 0.6) is 5.75 Å². The molecule has 4 nitrogen and oxygen atoms in total. The van der Waals surface area contributed by atoms with Gasteiger partial charge >= 0.3 is 0 Å². The zero-order chi connectivity index (χ0) is 17.9. The first-order chi connectivity index (χ1) is 12.1. The quantitative estimate of drug-likeness (QED) is 0.753.